The molecular weight excluding hydrogens is 352 g/mol. The molecule has 5 nitrogen and oxygen atoms in total. The SMILES string of the molecule is Cc1ccc(Oc2ccc(OCC(=O)N3CC[C@@H]4CNC[C@@H]4CC3)cc2)cc1. The summed E-state index contributed by atoms with van der Waals surface area (Å²) in [6.07, 6.45) is 2.18. The molecule has 2 atom stereocenters. The van der Waals surface area contributed by atoms with Gasteiger partial charge in [-0.3, -0.25) is 4.79 Å². The number of aryl methyl sites for hydroxylation is 1. The summed E-state index contributed by atoms with van der Waals surface area (Å²) in [6.45, 7) is 6.01. The van der Waals surface area contributed by atoms with E-state index in [1.165, 1.54) is 5.56 Å². The van der Waals surface area contributed by atoms with E-state index >= 15 is 0 Å². The van der Waals surface area contributed by atoms with E-state index in [0.29, 0.717) is 5.75 Å². The maximum atomic E-state index is 12.5. The van der Waals surface area contributed by atoms with Crippen molar-refractivity contribution in [3.63, 3.8) is 0 Å². The molecule has 4 rings (SSSR count). The Labute approximate surface area is 166 Å². The lowest BCUT2D eigenvalue weighted by Gasteiger charge is -2.21. The quantitative estimate of drug-likeness (QED) is 0.861. The lowest BCUT2D eigenvalue weighted by Crippen LogP contribution is -2.36. The standard InChI is InChI=1S/C23H28N2O3/c1-17-2-4-21(5-3-17)28-22-8-6-20(7-9-22)27-16-23(26)25-12-10-18-14-24-15-19(18)11-13-25/h2-9,18-19,24H,10-16H2,1H3/t18-,19+. The molecule has 2 aliphatic heterocycles. The summed E-state index contributed by atoms with van der Waals surface area (Å²) in [7, 11) is 0. The van der Waals surface area contributed by atoms with Crippen LogP contribution in [0.5, 0.6) is 17.2 Å². The highest BCUT2D eigenvalue weighted by Gasteiger charge is 2.31. The van der Waals surface area contributed by atoms with Crippen molar-refractivity contribution in [2.45, 2.75) is 19.8 Å². The van der Waals surface area contributed by atoms with Crippen molar-refractivity contribution in [3.05, 3.63) is 54.1 Å². The van der Waals surface area contributed by atoms with Gasteiger partial charge in [-0.15, -0.1) is 0 Å². The van der Waals surface area contributed by atoms with Crippen LogP contribution in [0.15, 0.2) is 48.5 Å². The lowest BCUT2D eigenvalue weighted by molar-refractivity contribution is -0.133. The van der Waals surface area contributed by atoms with E-state index in [1.54, 1.807) is 0 Å². The van der Waals surface area contributed by atoms with Gasteiger partial charge in [0, 0.05) is 13.1 Å². The van der Waals surface area contributed by atoms with Gasteiger partial charge in [0.2, 0.25) is 0 Å². The smallest absolute Gasteiger partial charge is 0.260 e. The number of nitrogens with one attached hydrogen (secondary N) is 1. The molecule has 1 amide bonds. The Balaban J connectivity index is 1.26. The predicted octanol–water partition coefficient (Wildman–Crippen LogP) is 3.62. The van der Waals surface area contributed by atoms with Gasteiger partial charge in [-0.25, -0.2) is 0 Å². The van der Waals surface area contributed by atoms with Crippen molar-refractivity contribution in [1.29, 1.82) is 0 Å². The summed E-state index contributed by atoms with van der Waals surface area (Å²) in [5, 5.41) is 3.47. The van der Waals surface area contributed by atoms with Crippen molar-refractivity contribution in [3.8, 4) is 17.2 Å². The Hall–Kier alpha value is -2.53. The molecule has 0 saturated carbocycles. The molecule has 0 bridgehead atoms. The molecule has 0 radical (unpaired) electrons. The minimum Gasteiger partial charge on any atom is -0.484 e. The molecule has 148 valence electrons. The Bertz CT molecular complexity index is 774. The number of carbonyl (C=O) groups is 1. The summed E-state index contributed by atoms with van der Waals surface area (Å²) in [4.78, 5) is 14.5. The predicted molar refractivity (Wildman–Crippen MR) is 109 cm³/mol. The van der Waals surface area contributed by atoms with Gasteiger partial charge in [0.25, 0.3) is 5.91 Å². The van der Waals surface area contributed by atoms with Crippen LogP contribution in [0, 0.1) is 18.8 Å². The Morgan fingerprint density at radius 2 is 1.46 bits per heavy atom. The number of carbonyl (C=O) groups excluding carboxylic acids is 1. The fraction of sp³-hybridized carbons (Fsp3) is 0.435. The first kappa shape index (κ1) is 18.8. The molecule has 2 aromatic carbocycles. The van der Waals surface area contributed by atoms with Crippen molar-refractivity contribution in [2.75, 3.05) is 32.8 Å². The van der Waals surface area contributed by atoms with Crippen LogP contribution in [0.1, 0.15) is 18.4 Å². The molecule has 0 aliphatic carbocycles. The highest BCUT2D eigenvalue weighted by molar-refractivity contribution is 5.77. The maximum absolute atomic E-state index is 12.5. The van der Waals surface area contributed by atoms with Crippen LogP contribution in [0.3, 0.4) is 0 Å². The molecule has 2 aromatic rings. The lowest BCUT2D eigenvalue weighted by atomic mass is 9.92. The number of hydrogen-bond acceptors (Lipinski definition) is 4. The summed E-state index contributed by atoms with van der Waals surface area (Å²) in [5.74, 6) is 3.75. The Kier molecular flexibility index (Phi) is 5.81. The summed E-state index contributed by atoms with van der Waals surface area (Å²) >= 11 is 0. The molecule has 2 heterocycles. The zero-order valence-electron chi connectivity index (χ0n) is 16.4. The molecular formula is C23H28N2O3. The van der Waals surface area contributed by atoms with E-state index in [-0.39, 0.29) is 12.5 Å². The van der Waals surface area contributed by atoms with Gasteiger partial charge in [-0.1, -0.05) is 17.7 Å². The van der Waals surface area contributed by atoms with Crippen LogP contribution in [-0.4, -0.2) is 43.6 Å². The molecule has 28 heavy (non-hydrogen) atoms. The van der Waals surface area contributed by atoms with E-state index in [0.717, 1.165) is 62.4 Å². The topological polar surface area (TPSA) is 50.8 Å². The van der Waals surface area contributed by atoms with Gasteiger partial charge in [-0.05, 0) is 81.1 Å². The van der Waals surface area contributed by atoms with E-state index in [4.69, 9.17) is 9.47 Å². The van der Waals surface area contributed by atoms with E-state index in [1.807, 2.05) is 60.4 Å². The van der Waals surface area contributed by atoms with Gasteiger partial charge >= 0.3 is 0 Å². The summed E-state index contributed by atoms with van der Waals surface area (Å²) in [5.41, 5.74) is 1.20. The molecule has 2 aliphatic rings. The van der Waals surface area contributed by atoms with E-state index in [2.05, 4.69) is 5.32 Å². The van der Waals surface area contributed by atoms with Crippen LogP contribution in [-0.2, 0) is 4.79 Å². The molecule has 1 N–H and O–H groups in total. The average Bonchev–Trinajstić information content (AvgIpc) is 3.07. The number of fused-ring (bicyclic) bond motifs is 1. The first-order chi connectivity index (χ1) is 13.7. The van der Waals surface area contributed by atoms with E-state index < -0.39 is 0 Å². The number of ether oxygens (including phenoxy) is 2. The van der Waals surface area contributed by atoms with Crippen LogP contribution in [0.25, 0.3) is 0 Å². The number of amides is 1. The molecule has 0 unspecified atom stereocenters. The third-order valence-electron chi connectivity index (χ3n) is 5.81. The molecule has 0 spiro atoms. The minimum atomic E-state index is 0.0768. The number of nitrogens with zero attached hydrogens (tertiary/aromatic N) is 1. The average molecular weight is 380 g/mol. The second-order valence-electron chi connectivity index (χ2n) is 7.81. The van der Waals surface area contributed by atoms with Crippen LogP contribution >= 0.6 is 0 Å². The molecule has 2 fully saturated rings. The second kappa shape index (κ2) is 8.65. The normalized spacial score (nSPS) is 21.7. The summed E-state index contributed by atoms with van der Waals surface area (Å²) in [6, 6.07) is 15.3. The molecule has 5 heteroatoms. The highest BCUT2D eigenvalue weighted by atomic mass is 16.5. The zero-order chi connectivity index (χ0) is 19.3. The van der Waals surface area contributed by atoms with Crippen molar-refractivity contribution < 1.29 is 14.3 Å². The molecule has 2 saturated heterocycles. The van der Waals surface area contributed by atoms with Crippen molar-refractivity contribution in [1.82, 2.24) is 10.2 Å². The van der Waals surface area contributed by atoms with Gasteiger partial charge < -0.3 is 19.7 Å². The Morgan fingerprint density at radius 1 is 0.929 bits per heavy atom. The Morgan fingerprint density at radius 3 is 2.07 bits per heavy atom. The highest BCUT2D eigenvalue weighted by Crippen LogP contribution is 2.27. The zero-order valence-corrected chi connectivity index (χ0v) is 16.4. The van der Waals surface area contributed by atoms with Gasteiger partial charge in [-0.2, -0.15) is 0 Å². The third-order valence-corrected chi connectivity index (χ3v) is 5.81. The maximum Gasteiger partial charge on any atom is 0.260 e. The second-order valence-corrected chi connectivity index (χ2v) is 7.81. The van der Waals surface area contributed by atoms with E-state index in [9.17, 15) is 4.79 Å². The largest absolute Gasteiger partial charge is 0.484 e. The fourth-order valence-corrected chi connectivity index (χ4v) is 4.05. The number of benzene rings is 2. The number of rotatable bonds is 5. The summed E-state index contributed by atoms with van der Waals surface area (Å²) < 4.78 is 11.5. The van der Waals surface area contributed by atoms with Crippen LogP contribution in [0.4, 0.5) is 0 Å². The first-order valence-electron chi connectivity index (χ1n) is 10.1. The van der Waals surface area contributed by atoms with Crippen molar-refractivity contribution >= 4 is 5.91 Å². The monoisotopic (exact) mass is 380 g/mol. The third kappa shape index (κ3) is 4.65. The van der Waals surface area contributed by atoms with Crippen molar-refractivity contribution in [2.24, 2.45) is 11.8 Å². The van der Waals surface area contributed by atoms with Gasteiger partial charge in [0.15, 0.2) is 6.61 Å². The first-order valence-corrected chi connectivity index (χ1v) is 10.1. The fourth-order valence-electron chi connectivity index (χ4n) is 4.05. The van der Waals surface area contributed by atoms with Gasteiger partial charge in [0.05, 0.1) is 0 Å². The molecule has 0 aromatic heterocycles. The van der Waals surface area contributed by atoms with Crippen LogP contribution in [0.2, 0.25) is 0 Å². The van der Waals surface area contributed by atoms with Gasteiger partial charge in [0.1, 0.15) is 17.2 Å². The number of likely N-dealkylation sites (tertiary alicyclic amines) is 1. The van der Waals surface area contributed by atoms with Crippen LogP contribution < -0.4 is 14.8 Å². The minimum absolute atomic E-state index is 0.0768. The number of hydrogen-bond donors (Lipinski definition) is 1.